The number of nitrogens with one attached hydrogen (secondary N) is 1. The van der Waals surface area contributed by atoms with E-state index in [1.807, 2.05) is 0 Å². The van der Waals surface area contributed by atoms with E-state index in [0.717, 1.165) is 63.7 Å². The highest BCUT2D eigenvalue weighted by Crippen LogP contribution is 2.47. The molecule has 2 aromatic rings. The summed E-state index contributed by atoms with van der Waals surface area (Å²) in [5.74, 6) is -0.712. The van der Waals surface area contributed by atoms with Crippen molar-refractivity contribution in [3.05, 3.63) is 47.5 Å². The highest BCUT2D eigenvalue weighted by Gasteiger charge is 2.25. The van der Waals surface area contributed by atoms with Crippen molar-refractivity contribution in [2.24, 2.45) is 0 Å². The average molecular weight is 492 g/mol. The van der Waals surface area contributed by atoms with Crippen LogP contribution in [-0.4, -0.2) is 45.6 Å². The maximum absolute atomic E-state index is 13.8. The van der Waals surface area contributed by atoms with Gasteiger partial charge in [0.2, 0.25) is 0 Å². The maximum Gasteiger partial charge on any atom is 0.123 e. The molecule has 34 heavy (non-hydrogen) atoms. The predicted octanol–water partition coefficient (Wildman–Crippen LogP) is 6.71. The van der Waals surface area contributed by atoms with Gasteiger partial charge in [-0.05, 0) is 25.0 Å². The molecule has 7 heteroatoms. The van der Waals surface area contributed by atoms with Crippen LogP contribution in [-0.2, 0) is 4.57 Å². The van der Waals surface area contributed by atoms with Crippen molar-refractivity contribution in [3.63, 3.8) is 0 Å². The lowest BCUT2D eigenvalue weighted by atomic mass is 9.89. The summed E-state index contributed by atoms with van der Waals surface area (Å²) < 4.78 is 13.8. The van der Waals surface area contributed by atoms with Crippen molar-refractivity contribution in [1.82, 2.24) is 5.32 Å². The van der Waals surface area contributed by atoms with Gasteiger partial charge < -0.3 is 30.3 Å². The summed E-state index contributed by atoms with van der Waals surface area (Å²) in [6.45, 7) is 4.69. The van der Waals surface area contributed by atoms with Crippen LogP contribution < -0.4 is 5.32 Å². The van der Waals surface area contributed by atoms with Gasteiger partial charge in [-0.15, -0.1) is 0 Å². The number of hydrogen-bond donors (Lipinski definition) is 5. The molecule has 190 valence electrons. The van der Waals surface area contributed by atoms with Crippen LogP contribution in [0.2, 0.25) is 0 Å². The highest BCUT2D eigenvalue weighted by atomic mass is 31.2. The molecule has 0 aliphatic carbocycles. The molecule has 0 saturated heterocycles. The zero-order chi connectivity index (χ0) is 25.0. The Bertz CT molecular complexity index is 866. The van der Waals surface area contributed by atoms with E-state index in [1.165, 1.54) is 24.3 Å². The first kappa shape index (κ1) is 28.1. The van der Waals surface area contributed by atoms with Crippen LogP contribution in [0.15, 0.2) is 36.4 Å². The van der Waals surface area contributed by atoms with E-state index in [1.54, 1.807) is 12.1 Å². The molecule has 0 radical (unpaired) electrons. The van der Waals surface area contributed by atoms with Gasteiger partial charge in [0, 0.05) is 54.3 Å². The summed E-state index contributed by atoms with van der Waals surface area (Å²) in [5.41, 5.74) is 1.07. The molecule has 0 unspecified atom stereocenters. The largest absolute Gasteiger partial charge is 0.508 e. The number of phenols is 4. The van der Waals surface area contributed by atoms with Crippen LogP contribution >= 0.6 is 7.14 Å². The van der Waals surface area contributed by atoms with Crippen LogP contribution in [0, 0.1) is 0 Å². The minimum Gasteiger partial charge on any atom is -0.508 e. The lowest BCUT2D eigenvalue weighted by Gasteiger charge is -2.24. The van der Waals surface area contributed by atoms with Crippen LogP contribution in [0.3, 0.4) is 0 Å². The fraction of sp³-hybridized carbons (Fsp3) is 0.556. The molecule has 0 aromatic heterocycles. The van der Waals surface area contributed by atoms with Gasteiger partial charge in [0.05, 0.1) is 0 Å². The molecular formula is C27H42NO5P. The third-order valence-corrected chi connectivity index (χ3v) is 9.43. The first-order valence-electron chi connectivity index (χ1n) is 12.6. The predicted molar refractivity (Wildman–Crippen MR) is 140 cm³/mol. The normalized spacial score (nSPS) is 11.9. The summed E-state index contributed by atoms with van der Waals surface area (Å²) in [7, 11) is -2.39. The van der Waals surface area contributed by atoms with Gasteiger partial charge in [-0.1, -0.05) is 64.5 Å². The fourth-order valence-electron chi connectivity index (χ4n) is 4.38. The Hall–Kier alpha value is -2.17. The third kappa shape index (κ3) is 8.88. The van der Waals surface area contributed by atoms with E-state index >= 15 is 0 Å². The van der Waals surface area contributed by atoms with Crippen molar-refractivity contribution in [3.8, 4) is 23.0 Å². The van der Waals surface area contributed by atoms with Crippen molar-refractivity contribution < 1.29 is 25.0 Å². The number of unbranched alkanes of at least 4 members (excludes halogenated alkanes) is 6. The van der Waals surface area contributed by atoms with Crippen molar-refractivity contribution >= 4 is 7.14 Å². The molecule has 5 N–H and O–H groups in total. The zero-order valence-corrected chi connectivity index (χ0v) is 21.6. The lowest BCUT2D eigenvalue weighted by molar-refractivity contribution is 0.435. The minimum absolute atomic E-state index is 0.0495. The Morgan fingerprint density at radius 2 is 1.21 bits per heavy atom. The summed E-state index contributed by atoms with van der Waals surface area (Å²) in [6.07, 6.45) is 10.7. The lowest BCUT2D eigenvalue weighted by Crippen LogP contribution is -2.25. The zero-order valence-electron chi connectivity index (χ0n) is 20.7. The topological polar surface area (TPSA) is 110 Å². The van der Waals surface area contributed by atoms with E-state index in [4.69, 9.17) is 0 Å². The van der Waals surface area contributed by atoms with E-state index in [0.29, 0.717) is 24.0 Å². The van der Waals surface area contributed by atoms with Gasteiger partial charge >= 0.3 is 0 Å². The molecule has 2 aromatic carbocycles. The van der Waals surface area contributed by atoms with Crippen molar-refractivity contribution in [2.75, 3.05) is 25.2 Å². The molecule has 0 saturated carbocycles. The Kier molecular flexibility index (Phi) is 11.8. The average Bonchev–Trinajstić information content (AvgIpc) is 2.79. The molecule has 2 rings (SSSR count). The third-order valence-electron chi connectivity index (χ3n) is 6.37. The molecule has 0 amide bonds. The molecule has 0 heterocycles. The monoisotopic (exact) mass is 491 g/mol. The minimum atomic E-state index is -2.39. The summed E-state index contributed by atoms with van der Waals surface area (Å²) in [4.78, 5) is 0. The second-order valence-electron chi connectivity index (χ2n) is 9.28. The van der Waals surface area contributed by atoms with Crippen LogP contribution in [0.5, 0.6) is 23.0 Å². The Balaban J connectivity index is 2.17. The van der Waals surface area contributed by atoms with E-state index in [9.17, 15) is 25.0 Å². The molecular weight excluding hydrogens is 449 g/mol. The quantitative estimate of drug-likeness (QED) is 0.132. The summed E-state index contributed by atoms with van der Waals surface area (Å²) in [5, 5.41) is 43.8. The number of hydrogen-bond acceptors (Lipinski definition) is 6. The molecule has 0 spiro atoms. The Labute approximate surface area is 204 Å². The van der Waals surface area contributed by atoms with Crippen LogP contribution in [0.1, 0.15) is 82.3 Å². The van der Waals surface area contributed by atoms with Crippen LogP contribution in [0.4, 0.5) is 0 Å². The van der Waals surface area contributed by atoms with Crippen molar-refractivity contribution in [2.45, 2.75) is 71.1 Å². The number of benzene rings is 2. The van der Waals surface area contributed by atoms with E-state index in [2.05, 4.69) is 19.2 Å². The summed E-state index contributed by atoms with van der Waals surface area (Å²) >= 11 is 0. The van der Waals surface area contributed by atoms with Gasteiger partial charge in [-0.3, -0.25) is 0 Å². The Morgan fingerprint density at radius 3 is 1.62 bits per heavy atom. The molecule has 0 bridgehead atoms. The van der Waals surface area contributed by atoms with E-state index < -0.39 is 13.1 Å². The first-order valence-corrected chi connectivity index (χ1v) is 14.9. The number of rotatable bonds is 16. The van der Waals surface area contributed by atoms with Gasteiger partial charge in [-0.25, -0.2) is 0 Å². The highest BCUT2D eigenvalue weighted by molar-refractivity contribution is 7.63. The van der Waals surface area contributed by atoms with Gasteiger partial charge in [-0.2, -0.15) is 0 Å². The first-order chi connectivity index (χ1) is 16.3. The van der Waals surface area contributed by atoms with Crippen molar-refractivity contribution in [1.29, 1.82) is 0 Å². The number of phenolic OH excluding ortho intramolecular Hbond substituents is 4. The van der Waals surface area contributed by atoms with E-state index in [-0.39, 0.29) is 23.0 Å². The SMILES string of the molecule is CCCCCCP(=O)(CCCCCC)CNCC(c1ccc(O)cc1O)c1ccc(O)cc1O. The molecule has 0 atom stereocenters. The second-order valence-corrected chi connectivity index (χ2v) is 12.6. The van der Waals surface area contributed by atoms with Gasteiger partial charge in [0.15, 0.2) is 0 Å². The standard InChI is InChI=1S/C27H42NO5P/c1-3-5-7-9-15-34(33,16-10-8-6-4-2)20-28-19-25(23-13-11-21(29)17-26(23)31)24-14-12-22(30)18-27(24)32/h11-14,17-18,25,28-32H,3-10,15-16,19-20H2,1-2H3. The molecule has 6 nitrogen and oxygen atoms in total. The molecule has 0 aliphatic rings. The van der Waals surface area contributed by atoms with Gasteiger partial charge in [0.1, 0.15) is 30.1 Å². The fourth-order valence-corrected chi connectivity index (χ4v) is 7.05. The van der Waals surface area contributed by atoms with Crippen LogP contribution in [0.25, 0.3) is 0 Å². The summed E-state index contributed by atoms with van der Waals surface area (Å²) in [6, 6.07) is 8.77. The second kappa shape index (κ2) is 14.3. The Morgan fingerprint density at radius 1 is 0.735 bits per heavy atom. The molecule has 0 fully saturated rings. The molecule has 0 aliphatic heterocycles. The van der Waals surface area contributed by atoms with Gasteiger partial charge in [0.25, 0.3) is 0 Å². The smallest absolute Gasteiger partial charge is 0.123 e. The maximum atomic E-state index is 13.8. The number of aromatic hydroxyl groups is 4.